The highest BCUT2D eigenvalue weighted by Crippen LogP contribution is 2.68. The van der Waals surface area contributed by atoms with Gasteiger partial charge in [0.2, 0.25) is 0 Å². The molecule has 5 rings (SSSR count). The highest BCUT2D eigenvalue weighted by atomic mass is 19.1. The van der Waals surface area contributed by atoms with Crippen LogP contribution in [-0.4, -0.2) is 23.3 Å². The standard InChI is InChI=1S/C28H34FNO4/c1-17(31)28(34-25(33)30-20-7-5-19(29)6-8-20)15-12-24-22-9-4-18-16-21(32)10-13-26(18,2)23(22)11-14-27(24,28)3/h5-8,16,22-24H,4,9-15H2,1-3H3,(H,30,33)/t22-,23+,24+,26+,27+,28+/m1/s1. The van der Waals surface area contributed by atoms with Gasteiger partial charge in [-0.2, -0.15) is 0 Å². The number of ether oxygens (including phenoxy) is 1. The number of Topliss-reactive ketones (excluding diaryl/α,β-unsaturated/α-hetero) is 1. The molecule has 0 unspecified atom stereocenters. The van der Waals surface area contributed by atoms with Crippen molar-refractivity contribution in [1.29, 1.82) is 0 Å². The van der Waals surface area contributed by atoms with Gasteiger partial charge in [0, 0.05) is 17.5 Å². The summed E-state index contributed by atoms with van der Waals surface area (Å²) in [7, 11) is 0. The average Bonchev–Trinajstić information content (AvgIpc) is 3.09. The van der Waals surface area contributed by atoms with Crippen LogP contribution in [0.25, 0.3) is 0 Å². The summed E-state index contributed by atoms with van der Waals surface area (Å²) in [5.41, 5.74) is 0.217. The highest BCUT2D eigenvalue weighted by molar-refractivity contribution is 5.93. The van der Waals surface area contributed by atoms with E-state index in [2.05, 4.69) is 19.2 Å². The van der Waals surface area contributed by atoms with E-state index in [0.717, 1.165) is 38.5 Å². The fourth-order valence-electron chi connectivity index (χ4n) is 8.21. The maximum atomic E-state index is 13.2. The second-order valence-corrected chi connectivity index (χ2v) is 11.4. The summed E-state index contributed by atoms with van der Waals surface area (Å²) in [4.78, 5) is 38.1. The zero-order valence-corrected chi connectivity index (χ0v) is 20.3. The van der Waals surface area contributed by atoms with Crippen LogP contribution in [0.1, 0.15) is 72.1 Å². The van der Waals surface area contributed by atoms with E-state index in [-0.39, 0.29) is 22.8 Å². The Balaban J connectivity index is 1.41. The number of rotatable bonds is 3. The molecule has 0 heterocycles. The summed E-state index contributed by atoms with van der Waals surface area (Å²) in [6, 6.07) is 5.50. The lowest BCUT2D eigenvalue weighted by Gasteiger charge is -2.59. The minimum absolute atomic E-state index is 0.0560. The molecule has 0 saturated heterocycles. The number of hydrogen-bond acceptors (Lipinski definition) is 4. The topological polar surface area (TPSA) is 72.5 Å². The van der Waals surface area contributed by atoms with Crippen LogP contribution in [0.5, 0.6) is 0 Å². The monoisotopic (exact) mass is 467 g/mol. The van der Waals surface area contributed by atoms with Crippen LogP contribution in [0.3, 0.4) is 0 Å². The number of hydrogen-bond donors (Lipinski definition) is 1. The molecule has 0 bridgehead atoms. The summed E-state index contributed by atoms with van der Waals surface area (Å²) in [6.07, 6.45) is 7.91. The van der Waals surface area contributed by atoms with Crippen molar-refractivity contribution in [3.8, 4) is 0 Å². The highest BCUT2D eigenvalue weighted by Gasteiger charge is 2.68. The Bertz CT molecular complexity index is 1060. The molecule has 0 aromatic heterocycles. The molecule has 4 aliphatic carbocycles. The summed E-state index contributed by atoms with van der Waals surface area (Å²) in [5, 5.41) is 2.67. The van der Waals surface area contributed by atoms with E-state index in [1.165, 1.54) is 29.8 Å². The molecule has 0 spiro atoms. The number of benzene rings is 1. The van der Waals surface area contributed by atoms with Gasteiger partial charge in [-0.25, -0.2) is 9.18 Å². The zero-order chi connectivity index (χ0) is 24.3. The molecular weight excluding hydrogens is 433 g/mol. The lowest BCUT2D eigenvalue weighted by atomic mass is 9.46. The molecule has 4 aliphatic rings. The fourth-order valence-corrected chi connectivity index (χ4v) is 8.21. The Labute approximate surface area is 200 Å². The van der Waals surface area contributed by atoms with Gasteiger partial charge in [0.25, 0.3) is 0 Å². The molecule has 1 aromatic rings. The molecule has 0 radical (unpaired) electrons. The molecular formula is C28H34FNO4. The molecule has 34 heavy (non-hydrogen) atoms. The number of amides is 1. The number of fused-ring (bicyclic) bond motifs is 5. The lowest BCUT2D eigenvalue weighted by Crippen LogP contribution is -2.59. The summed E-state index contributed by atoms with van der Waals surface area (Å²) in [5.74, 6) is 1.02. The average molecular weight is 468 g/mol. The van der Waals surface area contributed by atoms with Crippen molar-refractivity contribution in [2.45, 2.75) is 77.7 Å². The second-order valence-electron chi connectivity index (χ2n) is 11.4. The van der Waals surface area contributed by atoms with Crippen LogP contribution in [0.4, 0.5) is 14.9 Å². The second kappa shape index (κ2) is 8.03. The van der Waals surface area contributed by atoms with Crippen LogP contribution >= 0.6 is 0 Å². The summed E-state index contributed by atoms with van der Waals surface area (Å²) >= 11 is 0. The van der Waals surface area contributed by atoms with Crippen molar-refractivity contribution < 1.29 is 23.5 Å². The van der Waals surface area contributed by atoms with Crippen LogP contribution < -0.4 is 5.32 Å². The third-order valence-electron chi connectivity index (χ3n) is 10.0. The van der Waals surface area contributed by atoms with Crippen LogP contribution in [0.2, 0.25) is 0 Å². The Morgan fingerprint density at radius 1 is 1.00 bits per heavy atom. The molecule has 182 valence electrons. The number of carbonyl (C=O) groups is 3. The molecule has 3 saturated carbocycles. The van der Waals surface area contributed by atoms with E-state index in [1.54, 1.807) is 6.92 Å². The molecule has 1 amide bonds. The van der Waals surface area contributed by atoms with E-state index in [4.69, 9.17) is 4.74 Å². The predicted octanol–water partition coefficient (Wildman–Crippen LogP) is 6.23. The third-order valence-corrected chi connectivity index (χ3v) is 10.0. The lowest BCUT2D eigenvalue weighted by molar-refractivity contribution is -0.159. The van der Waals surface area contributed by atoms with Gasteiger partial charge < -0.3 is 4.74 Å². The van der Waals surface area contributed by atoms with Crippen LogP contribution in [0, 0.1) is 34.4 Å². The SMILES string of the molecule is CC(=O)[C@@]1(OC(=O)Nc2ccc(F)cc2)CC[C@H]2[C@@H]3CCC4=CC(=O)CC[C@]4(C)[C@H]3CC[C@@]21C. The number of ketones is 2. The summed E-state index contributed by atoms with van der Waals surface area (Å²) in [6.45, 7) is 6.02. The van der Waals surface area contributed by atoms with Gasteiger partial charge in [0.15, 0.2) is 17.2 Å². The molecule has 6 heteroatoms. The fraction of sp³-hybridized carbons (Fsp3) is 0.607. The Kier molecular flexibility index (Phi) is 5.49. The van der Waals surface area contributed by atoms with E-state index < -0.39 is 17.1 Å². The first-order chi connectivity index (χ1) is 16.1. The van der Waals surface area contributed by atoms with Crippen molar-refractivity contribution in [1.82, 2.24) is 0 Å². The van der Waals surface area contributed by atoms with Gasteiger partial charge in [-0.3, -0.25) is 14.9 Å². The molecule has 0 aliphatic heterocycles. The van der Waals surface area contributed by atoms with Gasteiger partial charge in [-0.1, -0.05) is 19.4 Å². The van der Waals surface area contributed by atoms with E-state index in [0.29, 0.717) is 36.3 Å². The first-order valence-corrected chi connectivity index (χ1v) is 12.6. The number of anilines is 1. The van der Waals surface area contributed by atoms with Crippen molar-refractivity contribution in [2.24, 2.45) is 28.6 Å². The Morgan fingerprint density at radius 3 is 2.41 bits per heavy atom. The Hall–Kier alpha value is -2.50. The van der Waals surface area contributed by atoms with Crippen LogP contribution in [-0.2, 0) is 14.3 Å². The third kappa shape index (κ3) is 3.36. The predicted molar refractivity (Wildman–Crippen MR) is 127 cm³/mol. The van der Waals surface area contributed by atoms with Gasteiger partial charge in [0.05, 0.1) is 0 Å². The normalized spacial score (nSPS) is 38.8. The number of allylic oxidation sites excluding steroid dienone is 1. The van der Waals surface area contributed by atoms with Gasteiger partial charge in [0.1, 0.15) is 5.82 Å². The molecule has 3 fully saturated rings. The maximum Gasteiger partial charge on any atom is 0.412 e. The summed E-state index contributed by atoms with van der Waals surface area (Å²) < 4.78 is 19.3. The van der Waals surface area contributed by atoms with Gasteiger partial charge in [-0.15, -0.1) is 0 Å². The first-order valence-electron chi connectivity index (χ1n) is 12.6. The molecule has 6 atom stereocenters. The Morgan fingerprint density at radius 2 is 1.71 bits per heavy atom. The molecule has 1 N–H and O–H groups in total. The van der Waals surface area contributed by atoms with E-state index in [9.17, 15) is 18.8 Å². The zero-order valence-electron chi connectivity index (χ0n) is 20.3. The van der Waals surface area contributed by atoms with E-state index in [1.807, 2.05) is 6.08 Å². The van der Waals surface area contributed by atoms with Crippen molar-refractivity contribution in [2.75, 3.05) is 5.32 Å². The molecule has 5 nitrogen and oxygen atoms in total. The van der Waals surface area contributed by atoms with Crippen LogP contribution in [0.15, 0.2) is 35.9 Å². The smallest absolute Gasteiger partial charge is 0.412 e. The number of nitrogens with one attached hydrogen (secondary N) is 1. The first kappa shape index (κ1) is 23.3. The quantitative estimate of drug-likeness (QED) is 0.572. The number of halogens is 1. The maximum absolute atomic E-state index is 13.2. The number of carbonyl (C=O) groups excluding carboxylic acids is 3. The minimum Gasteiger partial charge on any atom is -0.434 e. The van der Waals surface area contributed by atoms with Crippen molar-refractivity contribution >= 4 is 23.3 Å². The van der Waals surface area contributed by atoms with E-state index >= 15 is 0 Å². The largest absolute Gasteiger partial charge is 0.434 e. The van der Waals surface area contributed by atoms with Crippen molar-refractivity contribution in [3.05, 3.63) is 41.7 Å². The van der Waals surface area contributed by atoms with Gasteiger partial charge in [-0.05, 0) is 105 Å². The minimum atomic E-state index is -1.16. The molecule has 1 aromatic carbocycles. The van der Waals surface area contributed by atoms with Gasteiger partial charge >= 0.3 is 6.09 Å². The van der Waals surface area contributed by atoms with Crippen molar-refractivity contribution in [3.63, 3.8) is 0 Å².